The third kappa shape index (κ3) is 5.04. The highest BCUT2D eigenvalue weighted by Gasteiger charge is 2.16. The molecule has 6 heteroatoms. The molecule has 0 bridgehead atoms. The van der Waals surface area contributed by atoms with Gasteiger partial charge in [-0.1, -0.05) is 0 Å². The van der Waals surface area contributed by atoms with Gasteiger partial charge in [0.1, 0.15) is 0 Å². The lowest BCUT2D eigenvalue weighted by Crippen LogP contribution is -2.13. The average molecular weight is 311 g/mol. The monoisotopic (exact) mass is 310 g/mol. The molecule has 0 fully saturated rings. The number of carbonyl (C=O) groups excluding carboxylic acids is 2. The van der Waals surface area contributed by atoms with Gasteiger partial charge in [-0.25, -0.2) is 9.59 Å². The molecule has 0 radical (unpaired) electrons. The van der Waals surface area contributed by atoms with Crippen molar-refractivity contribution in [2.45, 2.75) is 19.2 Å². The summed E-state index contributed by atoms with van der Waals surface area (Å²) in [7, 11) is 0. The zero-order chi connectivity index (χ0) is 16.0. The van der Waals surface area contributed by atoms with E-state index in [9.17, 15) is 14.4 Å². The zero-order valence-electron chi connectivity index (χ0n) is 11.6. The van der Waals surface area contributed by atoms with Gasteiger partial charge in [0.25, 0.3) is 0 Å². The topological polar surface area (TPSA) is 80.7 Å². The van der Waals surface area contributed by atoms with E-state index in [4.69, 9.17) is 21.4 Å². The molecule has 0 heterocycles. The second-order valence-electron chi connectivity index (χ2n) is 4.22. The van der Waals surface area contributed by atoms with Crippen LogP contribution in [0.5, 0.6) is 0 Å². The van der Waals surface area contributed by atoms with E-state index in [0.29, 0.717) is 5.56 Å². The molecule has 1 aromatic carbocycles. The van der Waals surface area contributed by atoms with E-state index in [1.54, 1.807) is 6.92 Å². The molecular formula is C15H15ClO5. The van der Waals surface area contributed by atoms with Crippen LogP contribution in [0.15, 0.2) is 24.3 Å². The van der Waals surface area contributed by atoms with Crippen molar-refractivity contribution in [2.24, 2.45) is 0 Å². The average Bonchev–Trinajstić information content (AvgIpc) is 2.44. The van der Waals surface area contributed by atoms with Crippen LogP contribution in [0.4, 0.5) is 0 Å². The summed E-state index contributed by atoms with van der Waals surface area (Å²) in [4.78, 5) is 34.3. The first-order valence-corrected chi connectivity index (χ1v) is 6.70. The number of alkyl halides is 1. The van der Waals surface area contributed by atoms with Crippen LogP contribution in [0.2, 0.25) is 0 Å². The van der Waals surface area contributed by atoms with Crippen LogP contribution in [0.1, 0.15) is 40.1 Å². The number of benzene rings is 1. The fourth-order valence-electron chi connectivity index (χ4n) is 1.62. The van der Waals surface area contributed by atoms with Crippen LogP contribution in [0, 0.1) is 0 Å². The fourth-order valence-corrected chi connectivity index (χ4v) is 1.75. The molecule has 0 aliphatic carbocycles. The number of aliphatic carboxylic acids is 1. The predicted molar refractivity (Wildman–Crippen MR) is 78.7 cm³/mol. The number of esters is 1. The van der Waals surface area contributed by atoms with Crippen molar-refractivity contribution < 1.29 is 24.2 Å². The van der Waals surface area contributed by atoms with Gasteiger partial charge in [-0.3, -0.25) is 4.79 Å². The third-order valence-corrected chi connectivity index (χ3v) is 2.73. The predicted octanol–water partition coefficient (Wildman–Crippen LogP) is 2.77. The van der Waals surface area contributed by atoms with Gasteiger partial charge in [-0.2, -0.15) is 0 Å². The largest absolute Gasteiger partial charge is 0.478 e. The molecule has 112 valence electrons. The molecular weight excluding hydrogens is 296 g/mol. The molecule has 0 aromatic heterocycles. The van der Waals surface area contributed by atoms with Crippen molar-refractivity contribution in [1.82, 2.24) is 0 Å². The number of carboxylic acids is 1. The lowest BCUT2D eigenvalue weighted by molar-refractivity contribution is -0.131. The number of ether oxygens (including phenoxy) is 1. The first-order valence-electron chi connectivity index (χ1n) is 6.26. The van der Waals surface area contributed by atoms with Crippen LogP contribution in [0.3, 0.4) is 0 Å². The number of ketones is 1. The van der Waals surface area contributed by atoms with Crippen molar-refractivity contribution in [2.75, 3.05) is 6.61 Å². The Morgan fingerprint density at radius 2 is 1.90 bits per heavy atom. The summed E-state index contributed by atoms with van der Waals surface area (Å²) in [5.41, 5.74) is 0.807. The second-order valence-corrected chi connectivity index (χ2v) is 4.87. The lowest BCUT2D eigenvalue weighted by Gasteiger charge is -2.08. The molecule has 5 nitrogen and oxygen atoms in total. The minimum Gasteiger partial charge on any atom is -0.478 e. The van der Waals surface area contributed by atoms with E-state index < -0.39 is 17.3 Å². The standard InChI is InChI=1S/C15H15ClO5/c1-3-21-15(20)12-7-10(4-5-13(17)18)6-11(8-12)14(19)9(2)16/h4-9H,3H2,1-2H3,(H,17,18)/b5-4+. The quantitative estimate of drug-likeness (QED) is 0.378. The Kier molecular flexibility index (Phi) is 6.11. The smallest absolute Gasteiger partial charge is 0.338 e. The maximum Gasteiger partial charge on any atom is 0.338 e. The van der Waals surface area contributed by atoms with Crippen LogP contribution in [0.25, 0.3) is 6.08 Å². The first kappa shape index (κ1) is 16.9. The number of Topliss-reactive ketones (excluding diaryl/α,β-unsaturated/α-hetero) is 1. The van der Waals surface area contributed by atoms with E-state index in [1.807, 2.05) is 0 Å². The van der Waals surface area contributed by atoms with Gasteiger partial charge < -0.3 is 9.84 Å². The lowest BCUT2D eigenvalue weighted by atomic mass is 10.0. The molecule has 1 rings (SSSR count). The highest BCUT2D eigenvalue weighted by molar-refractivity contribution is 6.33. The molecule has 0 saturated heterocycles. The molecule has 1 unspecified atom stereocenters. The minimum atomic E-state index is -1.13. The van der Waals surface area contributed by atoms with Crippen LogP contribution >= 0.6 is 11.6 Å². The van der Waals surface area contributed by atoms with E-state index in [1.165, 1.54) is 31.2 Å². The van der Waals surface area contributed by atoms with Crippen LogP contribution < -0.4 is 0 Å². The highest BCUT2D eigenvalue weighted by atomic mass is 35.5. The molecule has 0 spiro atoms. The second kappa shape index (κ2) is 7.59. The summed E-state index contributed by atoms with van der Waals surface area (Å²) < 4.78 is 4.88. The van der Waals surface area contributed by atoms with Gasteiger partial charge in [-0.15, -0.1) is 11.6 Å². The molecule has 0 amide bonds. The van der Waals surface area contributed by atoms with E-state index in [0.717, 1.165) is 6.08 Å². The van der Waals surface area contributed by atoms with E-state index in [-0.39, 0.29) is 23.5 Å². The van der Waals surface area contributed by atoms with Gasteiger partial charge in [-0.05, 0) is 43.7 Å². The zero-order valence-corrected chi connectivity index (χ0v) is 12.4. The SMILES string of the molecule is CCOC(=O)c1cc(/C=C/C(=O)O)cc(C(=O)C(C)Cl)c1. The Balaban J connectivity index is 3.28. The number of carboxylic acid groups (broad SMARTS) is 1. The Morgan fingerprint density at radius 1 is 1.29 bits per heavy atom. The third-order valence-electron chi connectivity index (χ3n) is 2.53. The molecule has 0 aliphatic heterocycles. The Hall–Kier alpha value is -2.14. The maximum atomic E-state index is 11.9. The van der Waals surface area contributed by atoms with Crippen LogP contribution in [-0.2, 0) is 9.53 Å². The van der Waals surface area contributed by atoms with Crippen molar-refractivity contribution in [3.63, 3.8) is 0 Å². The van der Waals surface area contributed by atoms with Crippen molar-refractivity contribution >= 4 is 35.4 Å². The molecule has 1 atom stereocenters. The van der Waals surface area contributed by atoms with Crippen molar-refractivity contribution in [1.29, 1.82) is 0 Å². The summed E-state index contributed by atoms with van der Waals surface area (Å²) in [6, 6.07) is 4.31. The summed E-state index contributed by atoms with van der Waals surface area (Å²) in [6.07, 6.45) is 2.21. The summed E-state index contributed by atoms with van der Waals surface area (Å²) in [5.74, 6) is -2.07. The van der Waals surface area contributed by atoms with Gasteiger partial charge in [0.05, 0.1) is 17.5 Å². The highest BCUT2D eigenvalue weighted by Crippen LogP contribution is 2.16. The van der Waals surface area contributed by atoms with Gasteiger partial charge >= 0.3 is 11.9 Å². The maximum absolute atomic E-state index is 11.9. The normalized spacial score (nSPS) is 12.1. The Morgan fingerprint density at radius 3 is 2.43 bits per heavy atom. The Bertz CT molecular complexity index is 590. The van der Waals surface area contributed by atoms with Gasteiger partial charge in [0.15, 0.2) is 5.78 Å². The molecule has 0 aliphatic rings. The number of rotatable bonds is 6. The van der Waals surface area contributed by atoms with Crippen LogP contribution in [-0.4, -0.2) is 34.8 Å². The number of carbonyl (C=O) groups is 3. The van der Waals surface area contributed by atoms with E-state index >= 15 is 0 Å². The van der Waals surface area contributed by atoms with Crippen molar-refractivity contribution in [3.05, 3.63) is 41.0 Å². The van der Waals surface area contributed by atoms with Gasteiger partial charge in [0.2, 0.25) is 0 Å². The first-order chi connectivity index (χ1) is 9.85. The molecule has 0 saturated carbocycles. The summed E-state index contributed by atoms with van der Waals surface area (Å²) >= 11 is 5.76. The van der Waals surface area contributed by atoms with Crippen molar-refractivity contribution in [3.8, 4) is 0 Å². The minimum absolute atomic E-state index is 0.171. The number of halogens is 1. The summed E-state index contributed by atoms with van der Waals surface area (Å²) in [5, 5.41) is 7.89. The molecule has 1 aromatic rings. The summed E-state index contributed by atoms with van der Waals surface area (Å²) in [6.45, 7) is 3.38. The number of hydrogen-bond acceptors (Lipinski definition) is 4. The molecule has 1 N–H and O–H groups in total. The fraction of sp³-hybridized carbons (Fsp3) is 0.267. The van der Waals surface area contributed by atoms with Gasteiger partial charge in [0, 0.05) is 11.6 Å². The number of hydrogen-bond donors (Lipinski definition) is 1. The Labute approximate surface area is 127 Å². The molecule has 21 heavy (non-hydrogen) atoms. The van der Waals surface area contributed by atoms with E-state index in [2.05, 4.69) is 0 Å².